The molecule has 1 aliphatic rings. The van der Waals surface area contributed by atoms with Gasteiger partial charge in [-0.05, 0) is 36.3 Å². The third-order valence-corrected chi connectivity index (χ3v) is 5.54. The fourth-order valence-corrected chi connectivity index (χ4v) is 3.92. The molecule has 1 aliphatic heterocycles. The van der Waals surface area contributed by atoms with E-state index in [1.165, 1.54) is 0 Å². The van der Waals surface area contributed by atoms with Gasteiger partial charge in [0.15, 0.2) is 0 Å². The average Bonchev–Trinajstić information content (AvgIpc) is 3.03. The summed E-state index contributed by atoms with van der Waals surface area (Å²) in [6.07, 6.45) is 0.916. The molecule has 2 unspecified atom stereocenters. The number of aliphatic hydroxyl groups excluding tert-OH is 1. The molecular weight excluding hydrogens is 312 g/mol. The number of amides is 1. The van der Waals surface area contributed by atoms with E-state index < -0.39 is 12.1 Å². The number of ether oxygens (including phenoxy) is 1. The summed E-state index contributed by atoms with van der Waals surface area (Å²) in [6.45, 7) is 1.51. The van der Waals surface area contributed by atoms with Crippen LogP contribution in [0.15, 0.2) is 30.3 Å². The molecule has 1 amide bonds. The van der Waals surface area contributed by atoms with Crippen molar-refractivity contribution in [2.45, 2.75) is 25.0 Å². The van der Waals surface area contributed by atoms with Gasteiger partial charge in [-0.1, -0.05) is 18.2 Å². The highest BCUT2D eigenvalue weighted by atomic mass is 32.1. The molecule has 5 nitrogen and oxygen atoms in total. The van der Waals surface area contributed by atoms with Gasteiger partial charge in [0.25, 0.3) is 0 Å². The van der Waals surface area contributed by atoms with Crippen LogP contribution in [0, 0.1) is 5.92 Å². The third kappa shape index (κ3) is 3.90. The highest BCUT2D eigenvalue weighted by Crippen LogP contribution is 2.29. The maximum atomic E-state index is 12.2. The van der Waals surface area contributed by atoms with Gasteiger partial charge in [0.2, 0.25) is 5.91 Å². The van der Waals surface area contributed by atoms with E-state index >= 15 is 0 Å². The van der Waals surface area contributed by atoms with Gasteiger partial charge in [0.05, 0.1) is 6.04 Å². The lowest BCUT2D eigenvalue weighted by Gasteiger charge is -2.27. The molecule has 2 aromatic rings. The van der Waals surface area contributed by atoms with Crippen molar-refractivity contribution in [1.29, 1.82) is 0 Å². The molecule has 124 valence electrons. The normalized spacial score (nSPS) is 18.7. The predicted molar refractivity (Wildman–Crippen MR) is 91.3 cm³/mol. The summed E-state index contributed by atoms with van der Waals surface area (Å²) in [5, 5.41) is 14.2. The number of nitrogens with one attached hydrogen (secondary N) is 1. The van der Waals surface area contributed by atoms with Crippen LogP contribution >= 0.6 is 11.3 Å². The first-order valence-corrected chi connectivity index (χ1v) is 8.74. The molecule has 6 heteroatoms. The number of hydrogen-bond acceptors (Lipinski definition) is 5. The molecule has 3 rings (SSSR count). The Kier molecular flexibility index (Phi) is 5.27. The van der Waals surface area contributed by atoms with E-state index in [-0.39, 0.29) is 18.4 Å². The largest absolute Gasteiger partial charge is 0.386 e. The maximum Gasteiger partial charge on any atom is 0.237 e. The van der Waals surface area contributed by atoms with Crippen LogP contribution in [0.4, 0.5) is 0 Å². The van der Waals surface area contributed by atoms with E-state index in [2.05, 4.69) is 5.32 Å². The molecule has 1 aromatic heterocycles. The van der Waals surface area contributed by atoms with Crippen LogP contribution in [0.2, 0.25) is 0 Å². The first kappa shape index (κ1) is 16.4. The molecule has 2 atom stereocenters. The predicted octanol–water partition coefficient (Wildman–Crippen LogP) is 1.80. The first-order valence-electron chi connectivity index (χ1n) is 7.92. The molecular formula is C17H22N2O3S. The molecule has 23 heavy (non-hydrogen) atoms. The molecule has 4 N–H and O–H groups in total. The minimum Gasteiger partial charge on any atom is -0.386 e. The van der Waals surface area contributed by atoms with Crippen LogP contribution in [0.1, 0.15) is 23.8 Å². The summed E-state index contributed by atoms with van der Waals surface area (Å²) in [7, 11) is 0. The SMILES string of the molecule is NC(C(=O)NCC(O)c1cc2ccccc2s1)C1CCOCC1. The van der Waals surface area contributed by atoms with Crippen molar-refractivity contribution in [3.63, 3.8) is 0 Å². The molecule has 2 heterocycles. The van der Waals surface area contributed by atoms with Crippen molar-refractivity contribution < 1.29 is 14.6 Å². The smallest absolute Gasteiger partial charge is 0.237 e. The summed E-state index contributed by atoms with van der Waals surface area (Å²) in [5.74, 6) is -0.0396. The number of fused-ring (bicyclic) bond motifs is 1. The zero-order valence-corrected chi connectivity index (χ0v) is 13.7. The number of aliphatic hydroxyl groups is 1. The minimum atomic E-state index is -0.710. The molecule has 0 radical (unpaired) electrons. The van der Waals surface area contributed by atoms with Gasteiger partial charge < -0.3 is 20.9 Å². The van der Waals surface area contributed by atoms with Crippen LogP contribution in [-0.2, 0) is 9.53 Å². The number of hydrogen-bond donors (Lipinski definition) is 3. The molecule has 0 bridgehead atoms. The molecule has 0 aliphatic carbocycles. The van der Waals surface area contributed by atoms with Gasteiger partial charge >= 0.3 is 0 Å². The Bertz CT molecular complexity index is 634. The minimum absolute atomic E-state index is 0.158. The lowest BCUT2D eigenvalue weighted by molar-refractivity contribution is -0.124. The van der Waals surface area contributed by atoms with Gasteiger partial charge in [-0.2, -0.15) is 0 Å². The molecule has 1 aromatic carbocycles. The highest BCUT2D eigenvalue weighted by molar-refractivity contribution is 7.19. The third-order valence-electron chi connectivity index (χ3n) is 4.32. The van der Waals surface area contributed by atoms with Gasteiger partial charge in [-0.15, -0.1) is 11.3 Å². The van der Waals surface area contributed by atoms with Gasteiger partial charge in [0, 0.05) is 29.3 Å². The number of carbonyl (C=O) groups is 1. The van der Waals surface area contributed by atoms with Crippen molar-refractivity contribution in [3.05, 3.63) is 35.2 Å². The monoisotopic (exact) mass is 334 g/mol. The number of benzene rings is 1. The van der Waals surface area contributed by atoms with Crippen molar-refractivity contribution in [2.24, 2.45) is 11.7 Å². The standard InChI is InChI=1S/C17H22N2O3S/c18-16(11-5-7-22-8-6-11)17(21)19-10-13(20)15-9-12-3-1-2-4-14(12)23-15/h1-4,9,11,13,16,20H,5-8,10,18H2,(H,19,21). The van der Waals surface area contributed by atoms with Crippen LogP contribution in [0.3, 0.4) is 0 Å². The Balaban J connectivity index is 1.55. The fraction of sp³-hybridized carbons (Fsp3) is 0.471. The second-order valence-corrected chi connectivity index (χ2v) is 7.04. The summed E-state index contributed by atoms with van der Waals surface area (Å²) < 4.78 is 6.42. The summed E-state index contributed by atoms with van der Waals surface area (Å²) in [5.41, 5.74) is 6.03. The Hall–Kier alpha value is -1.47. The lowest BCUT2D eigenvalue weighted by Crippen LogP contribution is -2.47. The number of thiophene rings is 1. The van der Waals surface area contributed by atoms with Crippen molar-refractivity contribution in [2.75, 3.05) is 19.8 Å². The van der Waals surface area contributed by atoms with Crippen molar-refractivity contribution in [1.82, 2.24) is 5.32 Å². The Morgan fingerprint density at radius 2 is 2.13 bits per heavy atom. The van der Waals surface area contributed by atoms with E-state index in [1.54, 1.807) is 11.3 Å². The van der Waals surface area contributed by atoms with Gasteiger partial charge in [-0.3, -0.25) is 4.79 Å². The number of rotatable bonds is 5. The number of carbonyl (C=O) groups excluding carboxylic acids is 1. The Labute approximate surface area is 139 Å². The second kappa shape index (κ2) is 7.40. The quantitative estimate of drug-likeness (QED) is 0.778. The molecule has 0 saturated carbocycles. The van der Waals surface area contributed by atoms with E-state index in [0.717, 1.165) is 27.8 Å². The molecule has 1 fully saturated rings. The second-order valence-electron chi connectivity index (χ2n) is 5.92. The first-order chi connectivity index (χ1) is 11.1. The molecule has 1 saturated heterocycles. The summed E-state index contributed by atoms with van der Waals surface area (Å²) in [4.78, 5) is 13.0. The van der Waals surface area contributed by atoms with Crippen LogP contribution < -0.4 is 11.1 Å². The topological polar surface area (TPSA) is 84.6 Å². The summed E-state index contributed by atoms with van der Waals surface area (Å²) in [6, 6.07) is 9.42. The average molecular weight is 334 g/mol. The van der Waals surface area contributed by atoms with Crippen LogP contribution in [0.5, 0.6) is 0 Å². The van der Waals surface area contributed by atoms with E-state index in [0.29, 0.717) is 13.2 Å². The van der Waals surface area contributed by atoms with Crippen LogP contribution in [-0.4, -0.2) is 36.8 Å². The van der Waals surface area contributed by atoms with Crippen molar-refractivity contribution in [3.8, 4) is 0 Å². The maximum absolute atomic E-state index is 12.2. The molecule has 0 spiro atoms. The van der Waals surface area contributed by atoms with Gasteiger partial charge in [0.1, 0.15) is 6.10 Å². The summed E-state index contributed by atoms with van der Waals surface area (Å²) >= 11 is 1.54. The Morgan fingerprint density at radius 3 is 2.87 bits per heavy atom. The van der Waals surface area contributed by atoms with E-state index in [1.807, 2.05) is 30.3 Å². The van der Waals surface area contributed by atoms with Crippen LogP contribution in [0.25, 0.3) is 10.1 Å². The lowest BCUT2D eigenvalue weighted by atomic mass is 9.92. The highest BCUT2D eigenvalue weighted by Gasteiger charge is 2.26. The van der Waals surface area contributed by atoms with E-state index in [4.69, 9.17) is 10.5 Å². The Morgan fingerprint density at radius 1 is 1.39 bits per heavy atom. The fourth-order valence-electron chi connectivity index (χ4n) is 2.87. The number of nitrogens with two attached hydrogens (primary N) is 1. The zero-order chi connectivity index (χ0) is 16.2. The zero-order valence-electron chi connectivity index (χ0n) is 12.9. The van der Waals surface area contributed by atoms with Gasteiger partial charge in [-0.25, -0.2) is 0 Å². The van der Waals surface area contributed by atoms with Crippen molar-refractivity contribution >= 4 is 27.3 Å². The van der Waals surface area contributed by atoms with E-state index in [9.17, 15) is 9.90 Å².